The first-order valence-corrected chi connectivity index (χ1v) is 9.65. The van der Waals surface area contributed by atoms with E-state index in [-0.39, 0.29) is 15.5 Å². The maximum absolute atomic E-state index is 12.7. The Kier molecular flexibility index (Phi) is 3.18. The van der Waals surface area contributed by atoms with Crippen LogP contribution < -0.4 is 0 Å². The van der Waals surface area contributed by atoms with Gasteiger partial charge >= 0.3 is 0 Å². The summed E-state index contributed by atoms with van der Waals surface area (Å²) in [5, 5.41) is -1.03. The molecule has 2 aromatic rings. The fraction of sp³-hybridized carbons (Fsp3) is 0.200. The molecular formula is C15H14O4S2. The summed E-state index contributed by atoms with van der Waals surface area (Å²) >= 11 is 0. The molecule has 0 amide bonds. The fourth-order valence-corrected chi connectivity index (χ4v) is 7.35. The number of sulfone groups is 2. The second-order valence-electron chi connectivity index (χ2n) is 5.12. The van der Waals surface area contributed by atoms with E-state index in [2.05, 4.69) is 0 Å². The van der Waals surface area contributed by atoms with Crippen molar-refractivity contribution in [1.82, 2.24) is 0 Å². The molecular weight excluding hydrogens is 308 g/mol. The first-order chi connectivity index (χ1) is 9.84. The van der Waals surface area contributed by atoms with Gasteiger partial charge in [-0.25, -0.2) is 16.8 Å². The van der Waals surface area contributed by atoms with E-state index >= 15 is 0 Å². The summed E-state index contributed by atoms with van der Waals surface area (Å²) in [6.45, 7) is 1.69. The van der Waals surface area contributed by atoms with Crippen molar-refractivity contribution in [2.45, 2.75) is 22.0 Å². The number of benzene rings is 2. The minimum Gasteiger partial charge on any atom is -0.224 e. The number of rotatable bonds is 2. The highest BCUT2D eigenvalue weighted by Crippen LogP contribution is 2.42. The molecule has 0 radical (unpaired) electrons. The van der Waals surface area contributed by atoms with Crippen molar-refractivity contribution in [1.29, 1.82) is 0 Å². The van der Waals surface area contributed by atoms with Crippen LogP contribution in [-0.4, -0.2) is 22.6 Å². The molecule has 0 aromatic heterocycles. The molecule has 1 aliphatic rings. The van der Waals surface area contributed by atoms with Crippen LogP contribution in [0.1, 0.15) is 16.4 Å². The van der Waals surface area contributed by atoms with Crippen LogP contribution in [0.15, 0.2) is 58.3 Å². The fourth-order valence-electron chi connectivity index (χ4n) is 2.76. The van der Waals surface area contributed by atoms with Crippen LogP contribution in [0.3, 0.4) is 0 Å². The number of fused-ring (bicyclic) bond motifs is 1. The van der Waals surface area contributed by atoms with Crippen LogP contribution in [-0.2, 0) is 19.7 Å². The number of hydrogen-bond donors (Lipinski definition) is 0. The average Bonchev–Trinajstić information content (AvgIpc) is 2.73. The summed E-state index contributed by atoms with van der Waals surface area (Å²) in [5.41, 5.74) is 0.983. The Morgan fingerprint density at radius 3 is 2.33 bits per heavy atom. The van der Waals surface area contributed by atoms with Crippen LogP contribution >= 0.6 is 0 Å². The van der Waals surface area contributed by atoms with E-state index in [0.717, 1.165) is 0 Å². The van der Waals surface area contributed by atoms with Crippen LogP contribution in [0.2, 0.25) is 0 Å². The minimum absolute atomic E-state index is 0.152. The highest BCUT2D eigenvalue weighted by Gasteiger charge is 2.43. The molecule has 110 valence electrons. The van der Waals surface area contributed by atoms with Gasteiger partial charge in [-0.15, -0.1) is 0 Å². The van der Waals surface area contributed by atoms with Gasteiger partial charge in [0.25, 0.3) is 0 Å². The van der Waals surface area contributed by atoms with Gasteiger partial charge in [0.15, 0.2) is 19.7 Å². The Bertz CT molecular complexity index is 898. The number of aryl methyl sites for hydroxylation is 1. The third-order valence-electron chi connectivity index (χ3n) is 3.72. The van der Waals surface area contributed by atoms with E-state index in [1.54, 1.807) is 43.3 Å². The van der Waals surface area contributed by atoms with Crippen LogP contribution in [0, 0.1) is 6.92 Å². The molecule has 21 heavy (non-hydrogen) atoms. The predicted molar refractivity (Wildman–Crippen MR) is 79.6 cm³/mol. The summed E-state index contributed by atoms with van der Waals surface area (Å²) in [7, 11) is -7.27. The first kappa shape index (κ1) is 14.3. The lowest BCUT2D eigenvalue weighted by Crippen LogP contribution is -2.15. The van der Waals surface area contributed by atoms with Crippen molar-refractivity contribution in [3.63, 3.8) is 0 Å². The van der Waals surface area contributed by atoms with Gasteiger partial charge < -0.3 is 0 Å². The largest absolute Gasteiger partial charge is 0.224 e. The summed E-state index contributed by atoms with van der Waals surface area (Å²) in [6.07, 6.45) is 0. The monoisotopic (exact) mass is 322 g/mol. The normalized spacial score (nSPS) is 20.1. The zero-order valence-electron chi connectivity index (χ0n) is 11.4. The van der Waals surface area contributed by atoms with Gasteiger partial charge in [0.2, 0.25) is 0 Å². The predicted octanol–water partition coefficient (Wildman–Crippen LogP) is 2.30. The molecule has 0 spiro atoms. The third kappa shape index (κ3) is 2.18. The lowest BCUT2D eigenvalue weighted by molar-refractivity contribution is 0.582. The minimum atomic E-state index is -3.72. The van der Waals surface area contributed by atoms with E-state index in [0.29, 0.717) is 11.1 Å². The molecule has 6 heteroatoms. The zero-order chi connectivity index (χ0) is 15.3. The van der Waals surface area contributed by atoms with E-state index in [1.165, 1.54) is 12.1 Å². The van der Waals surface area contributed by atoms with E-state index in [1.807, 2.05) is 0 Å². The molecule has 1 atom stereocenters. The highest BCUT2D eigenvalue weighted by molar-refractivity contribution is 7.96. The molecule has 1 unspecified atom stereocenters. The molecule has 1 heterocycles. The lowest BCUT2D eigenvalue weighted by atomic mass is 10.1. The van der Waals surface area contributed by atoms with Crippen LogP contribution in [0.5, 0.6) is 0 Å². The molecule has 3 rings (SSSR count). The Morgan fingerprint density at radius 2 is 1.67 bits per heavy atom. The Labute approximate surface area is 124 Å². The standard InChI is InChI=1S/C15H14O4S2/c1-11-6-5-9-13-14(10-20(16,17)15(11)13)21(18,19)12-7-3-2-4-8-12/h2-9,14H,10H2,1H3. The maximum atomic E-state index is 12.7. The van der Waals surface area contributed by atoms with Gasteiger partial charge in [0.1, 0.15) is 5.25 Å². The topological polar surface area (TPSA) is 68.3 Å². The van der Waals surface area contributed by atoms with Gasteiger partial charge in [-0.2, -0.15) is 0 Å². The summed E-state index contributed by atoms with van der Waals surface area (Å²) < 4.78 is 50.1. The molecule has 0 saturated heterocycles. The van der Waals surface area contributed by atoms with Gasteiger partial charge in [-0.3, -0.25) is 0 Å². The van der Waals surface area contributed by atoms with Crippen molar-refractivity contribution in [3.05, 3.63) is 59.7 Å². The zero-order valence-corrected chi connectivity index (χ0v) is 13.0. The first-order valence-electron chi connectivity index (χ1n) is 6.45. The molecule has 0 fully saturated rings. The van der Waals surface area contributed by atoms with Crippen molar-refractivity contribution in [3.8, 4) is 0 Å². The third-order valence-corrected chi connectivity index (χ3v) is 7.98. The summed E-state index contributed by atoms with van der Waals surface area (Å²) in [5.74, 6) is -0.385. The highest BCUT2D eigenvalue weighted by atomic mass is 32.2. The Morgan fingerprint density at radius 1 is 1.00 bits per heavy atom. The molecule has 0 aliphatic carbocycles. The smallest absolute Gasteiger partial charge is 0.186 e. The van der Waals surface area contributed by atoms with E-state index in [4.69, 9.17) is 0 Å². The maximum Gasteiger partial charge on any atom is 0.186 e. The van der Waals surface area contributed by atoms with Gasteiger partial charge in [0.05, 0.1) is 15.5 Å². The van der Waals surface area contributed by atoms with Crippen LogP contribution in [0.25, 0.3) is 0 Å². The van der Waals surface area contributed by atoms with Crippen molar-refractivity contribution in [2.24, 2.45) is 0 Å². The SMILES string of the molecule is Cc1cccc2c1S(=O)(=O)CC2S(=O)(=O)c1ccccc1. The van der Waals surface area contributed by atoms with Gasteiger partial charge in [0, 0.05) is 0 Å². The molecule has 0 N–H and O–H groups in total. The summed E-state index contributed by atoms with van der Waals surface area (Å²) in [4.78, 5) is 0.328. The van der Waals surface area contributed by atoms with Crippen LogP contribution in [0.4, 0.5) is 0 Å². The second kappa shape index (κ2) is 4.68. The molecule has 1 aliphatic heterocycles. The molecule has 4 nitrogen and oxygen atoms in total. The second-order valence-corrected chi connectivity index (χ2v) is 9.22. The van der Waals surface area contributed by atoms with Gasteiger partial charge in [-0.05, 0) is 30.2 Å². The van der Waals surface area contributed by atoms with E-state index in [9.17, 15) is 16.8 Å². The Hall–Kier alpha value is -1.66. The number of hydrogen-bond acceptors (Lipinski definition) is 4. The molecule has 2 aromatic carbocycles. The average molecular weight is 322 g/mol. The lowest BCUT2D eigenvalue weighted by Gasteiger charge is -2.12. The van der Waals surface area contributed by atoms with Crippen molar-refractivity contribution >= 4 is 19.7 Å². The quantitative estimate of drug-likeness (QED) is 0.851. The van der Waals surface area contributed by atoms with Crippen molar-refractivity contribution < 1.29 is 16.8 Å². The summed E-state index contributed by atoms with van der Waals surface area (Å²) in [6, 6.07) is 13.0. The molecule has 0 saturated carbocycles. The molecule has 0 bridgehead atoms. The Balaban J connectivity index is 2.23. The van der Waals surface area contributed by atoms with Crippen molar-refractivity contribution in [2.75, 3.05) is 5.75 Å². The van der Waals surface area contributed by atoms with Gasteiger partial charge in [-0.1, -0.05) is 36.4 Å². The van der Waals surface area contributed by atoms with E-state index < -0.39 is 24.9 Å².